The zero-order chi connectivity index (χ0) is 11.5. The van der Waals surface area contributed by atoms with Crippen molar-refractivity contribution in [3.05, 3.63) is 35.4 Å². The molecule has 1 fully saturated rings. The zero-order valence-electron chi connectivity index (χ0n) is 9.45. The Morgan fingerprint density at radius 1 is 1.50 bits per heavy atom. The molecule has 0 spiro atoms. The Labute approximate surface area is 95.1 Å². The molecule has 0 bridgehead atoms. The molecule has 0 aromatic heterocycles. The lowest BCUT2D eigenvalue weighted by Crippen LogP contribution is -2.37. The first-order chi connectivity index (χ1) is 7.74. The van der Waals surface area contributed by atoms with Gasteiger partial charge in [-0.25, -0.2) is 4.39 Å². The summed E-state index contributed by atoms with van der Waals surface area (Å²) in [7, 11) is 0. The second-order valence-corrected chi connectivity index (χ2v) is 4.26. The first-order valence-corrected chi connectivity index (χ1v) is 5.66. The van der Waals surface area contributed by atoms with Crippen LogP contribution in [0.2, 0.25) is 0 Å². The lowest BCUT2D eigenvalue weighted by Gasteiger charge is -2.23. The average molecular weight is 221 g/mol. The fraction of sp³-hybridized carbons (Fsp3) is 0.462. The van der Waals surface area contributed by atoms with E-state index in [0.717, 1.165) is 18.4 Å². The van der Waals surface area contributed by atoms with Crippen LogP contribution in [0.25, 0.3) is 0 Å². The highest BCUT2D eigenvalue weighted by Gasteiger charge is 2.29. The fourth-order valence-corrected chi connectivity index (χ4v) is 2.23. The Hall–Kier alpha value is -1.38. The minimum Gasteiger partial charge on any atom is -0.333 e. The van der Waals surface area contributed by atoms with E-state index in [1.54, 1.807) is 4.90 Å². The van der Waals surface area contributed by atoms with Gasteiger partial charge >= 0.3 is 0 Å². The molecule has 0 saturated carbocycles. The number of hydrogen-bond acceptors (Lipinski definition) is 1. The molecular weight excluding hydrogens is 205 g/mol. The van der Waals surface area contributed by atoms with E-state index in [1.807, 2.05) is 31.2 Å². The van der Waals surface area contributed by atoms with Crippen LogP contribution in [0.5, 0.6) is 0 Å². The first kappa shape index (κ1) is 11.1. The predicted molar refractivity (Wildman–Crippen MR) is 61.2 cm³/mol. The number of alkyl halides is 1. The molecule has 1 saturated heterocycles. The van der Waals surface area contributed by atoms with Crippen molar-refractivity contribution >= 4 is 5.91 Å². The molecule has 1 aliphatic rings. The number of benzene rings is 1. The molecule has 86 valence electrons. The summed E-state index contributed by atoms with van der Waals surface area (Å²) >= 11 is 0. The number of carbonyl (C=O) groups is 1. The Bertz CT molecular complexity index is 391. The van der Waals surface area contributed by atoms with Crippen LogP contribution in [0.3, 0.4) is 0 Å². The van der Waals surface area contributed by atoms with Crippen LogP contribution in [-0.4, -0.2) is 30.1 Å². The van der Waals surface area contributed by atoms with E-state index < -0.39 is 6.67 Å². The van der Waals surface area contributed by atoms with Gasteiger partial charge in [-0.1, -0.05) is 18.2 Å². The van der Waals surface area contributed by atoms with E-state index >= 15 is 0 Å². The summed E-state index contributed by atoms with van der Waals surface area (Å²) in [5.41, 5.74) is 1.65. The number of rotatable bonds is 2. The summed E-state index contributed by atoms with van der Waals surface area (Å²) in [6.45, 7) is 2.16. The first-order valence-electron chi connectivity index (χ1n) is 5.66. The van der Waals surface area contributed by atoms with Gasteiger partial charge in [0, 0.05) is 12.1 Å². The van der Waals surface area contributed by atoms with Crippen LogP contribution in [-0.2, 0) is 0 Å². The van der Waals surface area contributed by atoms with Crippen molar-refractivity contribution in [2.45, 2.75) is 25.8 Å². The number of amides is 1. The van der Waals surface area contributed by atoms with E-state index in [0.29, 0.717) is 12.1 Å². The number of likely N-dealkylation sites (tertiary alicyclic amines) is 1. The standard InChI is InChI=1S/C13H16FNO/c1-10-5-2-3-7-12(10)13(16)15-8-4-6-11(15)9-14/h2-3,5,7,11H,4,6,8-9H2,1H3/t11-/m0/s1. The van der Waals surface area contributed by atoms with Gasteiger partial charge in [-0.3, -0.25) is 4.79 Å². The second-order valence-electron chi connectivity index (χ2n) is 4.26. The highest BCUT2D eigenvalue weighted by molar-refractivity contribution is 5.96. The molecule has 1 atom stereocenters. The third-order valence-corrected chi connectivity index (χ3v) is 3.19. The number of aryl methyl sites for hydroxylation is 1. The van der Waals surface area contributed by atoms with Crippen LogP contribution < -0.4 is 0 Å². The van der Waals surface area contributed by atoms with Crippen molar-refractivity contribution in [3.8, 4) is 0 Å². The number of carbonyl (C=O) groups excluding carboxylic acids is 1. The summed E-state index contributed by atoms with van der Waals surface area (Å²) in [6, 6.07) is 7.26. The Morgan fingerprint density at radius 3 is 2.94 bits per heavy atom. The van der Waals surface area contributed by atoms with E-state index in [9.17, 15) is 9.18 Å². The summed E-state index contributed by atoms with van der Waals surface area (Å²) < 4.78 is 12.7. The van der Waals surface area contributed by atoms with Gasteiger partial charge < -0.3 is 4.90 Å². The van der Waals surface area contributed by atoms with Crippen LogP contribution in [0, 0.1) is 6.92 Å². The highest BCUT2D eigenvalue weighted by atomic mass is 19.1. The lowest BCUT2D eigenvalue weighted by molar-refractivity contribution is 0.0715. The van der Waals surface area contributed by atoms with Crippen molar-refractivity contribution in [2.24, 2.45) is 0 Å². The summed E-state index contributed by atoms with van der Waals surface area (Å²) in [6.07, 6.45) is 1.69. The normalized spacial score (nSPS) is 20.1. The number of nitrogens with zero attached hydrogens (tertiary/aromatic N) is 1. The van der Waals surface area contributed by atoms with E-state index in [2.05, 4.69) is 0 Å². The predicted octanol–water partition coefficient (Wildman–Crippen LogP) is 2.57. The summed E-state index contributed by atoms with van der Waals surface area (Å²) in [5.74, 6) is -0.0294. The van der Waals surface area contributed by atoms with E-state index in [4.69, 9.17) is 0 Å². The van der Waals surface area contributed by atoms with Gasteiger partial charge in [0.1, 0.15) is 6.67 Å². The topological polar surface area (TPSA) is 20.3 Å². The third-order valence-electron chi connectivity index (χ3n) is 3.19. The van der Waals surface area contributed by atoms with Gasteiger partial charge in [0.05, 0.1) is 6.04 Å². The number of halogens is 1. The van der Waals surface area contributed by atoms with Crippen LogP contribution >= 0.6 is 0 Å². The summed E-state index contributed by atoms with van der Waals surface area (Å²) in [4.78, 5) is 13.9. The quantitative estimate of drug-likeness (QED) is 0.751. The van der Waals surface area contributed by atoms with Crippen molar-refractivity contribution in [3.63, 3.8) is 0 Å². The minimum atomic E-state index is -0.433. The fourth-order valence-electron chi connectivity index (χ4n) is 2.23. The van der Waals surface area contributed by atoms with Crippen LogP contribution in [0.15, 0.2) is 24.3 Å². The molecule has 1 aliphatic heterocycles. The Balaban J connectivity index is 2.22. The maximum Gasteiger partial charge on any atom is 0.254 e. The Kier molecular flexibility index (Phi) is 3.22. The lowest BCUT2D eigenvalue weighted by atomic mass is 10.1. The van der Waals surface area contributed by atoms with Gasteiger partial charge in [-0.15, -0.1) is 0 Å². The SMILES string of the molecule is Cc1ccccc1C(=O)N1CCC[C@H]1CF. The monoisotopic (exact) mass is 221 g/mol. The smallest absolute Gasteiger partial charge is 0.254 e. The average Bonchev–Trinajstić information content (AvgIpc) is 2.77. The van der Waals surface area contributed by atoms with Gasteiger partial charge in [0.2, 0.25) is 0 Å². The highest BCUT2D eigenvalue weighted by Crippen LogP contribution is 2.21. The molecule has 16 heavy (non-hydrogen) atoms. The van der Waals surface area contributed by atoms with Gasteiger partial charge in [-0.05, 0) is 31.4 Å². The van der Waals surface area contributed by atoms with Crippen molar-refractivity contribution in [1.82, 2.24) is 4.90 Å². The molecule has 2 nitrogen and oxygen atoms in total. The van der Waals surface area contributed by atoms with Crippen molar-refractivity contribution in [1.29, 1.82) is 0 Å². The zero-order valence-corrected chi connectivity index (χ0v) is 9.45. The molecule has 1 heterocycles. The van der Waals surface area contributed by atoms with Gasteiger partial charge in [0.15, 0.2) is 0 Å². The van der Waals surface area contributed by atoms with Crippen LogP contribution in [0.1, 0.15) is 28.8 Å². The third kappa shape index (κ3) is 1.94. The molecule has 0 N–H and O–H groups in total. The summed E-state index contributed by atoms with van der Waals surface area (Å²) in [5, 5.41) is 0. The van der Waals surface area contributed by atoms with Gasteiger partial charge in [0.25, 0.3) is 5.91 Å². The maximum absolute atomic E-state index is 12.7. The minimum absolute atomic E-state index is 0.0294. The van der Waals surface area contributed by atoms with E-state index in [-0.39, 0.29) is 11.9 Å². The Morgan fingerprint density at radius 2 is 2.25 bits per heavy atom. The van der Waals surface area contributed by atoms with Crippen LogP contribution in [0.4, 0.5) is 4.39 Å². The number of hydrogen-bond donors (Lipinski definition) is 0. The molecule has 1 amide bonds. The molecule has 0 radical (unpaired) electrons. The largest absolute Gasteiger partial charge is 0.333 e. The molecule has 1 aromatic rings. The van der Waals surface area contributed by atoms with Crippen molar-refractivity contribution < 1.29 is 9.18 Å². The molecule has 1 aromatic carbocycles. The maximum atomic E-state index is 12.7. The van der Waals surface area contributed by atoms with Crippen molar-refractivity contribution in [2.75, 3.05) is 13.2 Å². The van der Waals surface area contributed by atoms with Gasteiger partial charge in [-0.2, -0.15) is 0 Å². The molecular formula is C13H16FNO. The van der Waals surface area contributed by atoms with E-state index in [1.165, 1.54) is 0 Å². The molecule has 0 aliphatic carbocycles. The molecule has 0 unspecified atom stereocenters. The second kappa shape index (κ2) is 4.64. The molecule has 2 rings (SSSR count). The molecule has 3 heteroatoms.